The Morgan fingerprint density at radius 2 is 1.81 bits per heavy atom. The lowest BCUT2D eigenvalue weighted by molar-refractivity contribution is 0.115. The molecule has 3 aromatic carbocycles. The normalized spacial score (nSPS) is 15.1. The van der Waals surface area contributed by atoms with E-state index in [1.807, 2.05) is 60.7 Å². The van der Waals surface area contributed by atoms with Crippen molar-refractivity contribution in [3.8, 4) is 34.8 Å². The van der Waals surface area contributed by atoms with E-state index >= 15 is 0 Å². The van der Waals surface area contributed by atoms with Crippen molar-refractivity contribution in [1.82, 2.24) is 9.88 Å². The van der Waals surface area contributed by atoms with E-state index in [0.717, 1.165) is 50.0 Å². The van der Waals surface area contributed by atoms with Gasteiger partial charge in [0, 0.05) is 43.0 Å². The molecule has 1 aliphatic heterocycles. The molecule has 9 heteroatoms. The number of hydrogen-bond acceptors (Lipinski definition) is 9. The molecule has 42 heavy (non-hydrogen) atoms. The molecule has 1 aromatic heterocycles. The molecule has 4 aromatic rings. The highest BCUT2D eigenvalue weighted by molar-refractivity contribution is 5.97. The minimum Gasteiger partial charge on any atom is -0.493 e. The molecule has 1 saturated heterocycles. The van der Waals surface area contributed by atoms with Crippen LogP contribution in [0.1, 0.15) is 24.8 Å². The van der Waals surface area contributed by atoms with Crippen LogP contribution in [0.4, 0.5) is 11.4 Å². The summed E-state index contributed by atoms with van der Waals surface area (Å²) in [7, 11) is 3.21. The van der Waals surface area contributed by atoms with Crippen LogP contribution in [0, 0.1) is 17.2 Å². The molecule has 0 saturated carbocycles. The van der Waals surface area contributed by atoms with Crippen molar-refractivity contribution in [2.75, 3.05) is 52.4 Å². The van der Waals surface area contributed by atoms with E-state index in [1.54, 1.807) is 20.4 Å². The molecule has 1 atom stereocenters. The lowest BCUT2D eigenvalue weighted by Gasteiger charge is -2.31. The van der Waals surface area contributed by atoms with Crippen LogP contribution in [0.25, 0.3) is 10.9 Å². The molecule has 1 fully saturated rings. The number of benzene rings is 3. The number of aliphatic hydroxyl groups excluding tert-OH is 1. The van der Waals surface area contributed by atoms with Gasteiger partial charge in [0.25, 0.3) is 0 Å². The van der Waals surface area contributed by atoms with Gasteiger partial charge >= 0.3 is 0 Å². The Morgan fingerprint density at radius 1 is 1.02 bits per heavy atom. The van der Waals surface area contributed by atoms with E-state index in [-0.39, 0.29) is 6.61 Å². The second kappa shape index (κ2) is 13.9. The van der Waals surface area contributed by atoms with Gasteiger partial charge in [0.2, 0.25) is 0 Å². The topological polar surface area (TPSA) is 109 Å². The first-order chi connectivity index (χ1) is 20.6. The molecule has 0 amide bonds. The Hall–Kier alpha value is -4.52. The number of rotatable bonds is 12. The fourth-order valence-electron chi connectivity index (χ4n) is 5.25. The first kappa shape index (κ1) is 29.0. The van der Waals surface area contributed by atoms with Crippen molar-refractivity contribution in [1.29, 1.82) is 5.26 Å². The van der Waals surface area contributed by atoms with E-state index < -0.39 is 0 Å². The number of likely N-dealkylation sites (tertiary alicyclic amines) is 1. The van der Waals surface area contributed by atoms with Gasteiger partial charge in [0.15, 0.2) is 23.0 Å². The van der Waals surface area contributed by atoms with E-state index in [9.17, 15) is 10.4 Å². The number of anilines is 2. The third-order valence-electron chi connectivity index (χ3n) is 7.43. The summed E-state index contributed by atoms with van der Waals surface area (Å²) in [5.41, 5.74) is 2.52. The van der Waals surface area contributed by atoms with Crippen molar-refractivity contribution < 1.29 is 24.1 Å². The van der Waals surface area contributed by atoms with Crippen LogP contribution >= 0.6 is 0 Å². The van der Waals surface area contributed by atoms with Crippen LogP contribution in [0.5, 0.6) is 28.7 Å². The maximum absolute atomic E-state index is 9.84. The first-order valence-corrected chi connectivity index (χ1v) is 14.2. The lowest BCUT2D eigenvalue weighted by atomic mass is 9.99. The minimum atomic E-state index is 0.252. The highest BCUT2D eigenvalue weighted by atomic mass is 16.5. The molecular formula is C33H36N4O5. The zero-order valence-corrected chi connectivity index (χ0v) is 24.0. The average molecular weight is 569 g/mol. The van der Waals surface area contributed by atoms with Crippen molar-refractivity contribution in [3.05, 3.63) is 72.4 Å². The Morgan fingerprint density at radius 3 is 2.55 bits per heavy atom. The van der Waals surface area contributed by atoms with Gasteiger partial charge in [-0.1, -0.05) is 12.1 Å². The summed E-state index contributed by atoms with van der Waals surface area (Å²) in [5, 5.41) is 23.5. The zero-order chi connectivity index (χ0) is 29.3. The van der Waals surface area contributed by atoms with Crippen molar-refractivity contribution >= 4 is 22.3 Å². The lowest BCUT2D eigenvalue weighted by Crippen LogP contribution is -2.37. The molecule has 0 aliphatic carbocycles. The number of nitrogens with zero attached hydrogens (tertiary/aromatic N) is 3. The predicted molar refractivity (Wildman–Crippen MR) is 162 cm³/mol. The van der Waals surface area contributed by atoms with Crippen LogP contribution in [-0.2, 0) is 0 Å². The fourth-order valence-corrected chi connectivity index (χ4v) is 5.25. The number of fused-ring (bicyclic) bond motifs is 1. The number of aliphatic hydroxyl groups is 1. The van der Waals surface area contributed by atoms with Gasteiger partial charge in [0.1, 0.15) is 11.8 Å². The molecule has 0 radical (unpaired) electrons. The van der Waals surface area contributed by atoms with Crippen LogP contribution in [-0.4, -0.2) is 62.1 Å². The van der Waals surface area contributed by atoms with Gasteiger partial charge < -0.3 is 34.3 Å². The molecule has 0 bridgehead atoms. The van der Waals surface area contributed by atoms with Gasteiger partial charge in [-0.3, -0.25) is 4.98 Å². The minimum absolute atomic E-state index is 0.252. The number of para-hydroxylation sites is 2. The molecule has 2 heterocycles. The van der Waals surface area contributed by atoms with E-state index in [1.165, 1.54) is 0 Å². The van der Waals surface area contributed by atoms with Gasteiger partial charge in [-0.15, -0.1) is 0 Å². The Kier molecular flexibility index (Phi) is 9.59. The highest BCUT2D eigenvalue weighted by Crippen LogP contribution is 2.38. The monoisotopic (exact) mass is 568 g/mol. The van der Waals surface area contributed by atoms with Crippen molar-refractivity contribution in [3.63, 3.8) is 0 Å². The fraction of sp³-hybridized carbons (Fsp3) is 0.333. The van der Waals surface area contributed by atoms with Crippen LogP contribution < -0.4 is 24.3 Å². The smallest absolute Gasteiger partial charge is 0.169 e. The quantitative estimate of drug-likeness (QED) is 0.195. The number of piperidine rings is 1. The van der Waals surface area contributed by atoms with Crippen molar-refractivity contribution in [2.24, 2.45) is 5.92 Å². The van der Waals surface area contributed by atoms with Crippen LogP contribution in [0.2, 0.25) is 0 Å². The summed E-state index contributed by atoms with van der Waals surface area (Å²) < 4.78 is 23.2. The summed E-state index contributed by atoms with van der Waals surface area (Å²) in [6, 6.07) is 20.9. The van der Waals surface area contributed by atoms with E-state index in [2.05, 4.69) is 21.3 Å². The molecule has 0 spiro atoms. The number of pyridine rings is 1. The number of nitrogens with one attached hydrogen (secondary N) is 1. The van der Waals surface area contributed by atoms with Gasteiger partial charge in [0.05, 0.1) is 37.6 Å². The maximum Gasteiger partial charge on any atom is 0.169 e. The zero-order valence-electron chi connectivity index (χ0n) is 24.0. The Balaban J connectivity index is 1.30. The van der Waals surface area contributed by atoms with Crippen molar-refractivity contribution in [2.45, 2.75) is 19.3 Å². The second-order valence-electron chi connectivity index (χ2n) is 10.3. The standard InChI is InChI=1S/C33H36N4O5/c1-39-29-8-3-4-9-30(29)42-26-12-10-25(11-13-26)36-33-24(19-34)20-35-28-18-32(31(40-2)17-27(28)33)41-16-6-15-37-14-5-7-23(21-37)22-38/h3-4,8-13,17-18,20,23,38H,5-7,14-16,21-22H2,1-2H3,(H,35,36). The molecule has 5 rings (SSSR count). The predicted octanol–water partition coefficient (Wildman–Crippen LogP) is 6.13. The van der Waals surface area contributed by atoms with E-state index in [4.69, 9.17) is 18.9 Å². The van der Waals surface area contributed by atoms with Crippen LogP contribution in [0.3, 0.4) is 0 Å². The largest absolute Gasteiger partial charge is 0.493 e. The van der Waals surface area contributed by atoms with Gasteiger partial charge in [-0.25, -0.2) is 0 Å². The summed E-state index contributed by atoms with van der Waals surface area (Å²) in [6.07, 6.45) is 4.65. The number of methoxy groups -OCH3 is 2. The summed E-state index contributed by atoms with van der Waals surface area (Å²) in [4.78, 5) is 6.92. The summed E-state index contributed by atoms with van der Waals surface area (Å²) in [5.74, 6) is 3.48. The Labute approximate surface area is 246 Å². The third-order valence-corrected chi connectivity index (χ3v) is 7.43. The Bertz CT molecular complexity index is 1540. The first-order valence-electron chi connectivity index (χ1n) is 14.2. The third kappa shape index (κ3) is 6.85. The molecule has 9 nitrogen and oxygen atoms in total. The summed E-state index contributed by atoms with van der Waals surface area (Å²) >= 11 is 0. The SMILES string of the molecule is COc1cc2c(Nc3ccc(Oc4ccccc4OC)cc3)c(C#N)cnc2cc1OCCCN1CCCC(CO)C1. The maximum atomic E-state index is 9.84. The van der Waals surface area contributed by atoms with Gasteiger partial charge in [-0.05, 0) is 74.2 Å². The highest BCUT2D eigenvalue weighted by Gasteiger charge is 2.19. The van der Waals surface area contributed by atoms with Gasteiger partial charge in [-0.2, -0.15) is 5.26 Å². The molecule has 2 N–H and O–H groups in total. The number of hydrogen-bond donors (Lipinski definition) is 2. The van der Waals surface area contributed by atoms with Crippen LogP contribution in [0.15, 0.2) is 66.9 Å². The molecule has 1 aliphatic rings. The molecule has 1 unspecified atom stereocenters. The average Bonchev–Trinajstić information content (AvgIpc) is 3.04. The molecular weight excluding hydrogens is 532 g/mol. The molecule has 218 valence electrons. The number of nitriles is 1. The second-order valence-corrected chi connectivity index (χ2v) is 10.3. The number of ether oxygens (including phenoxy) is 4. The summed E-state index contributed by atoms with van der Waals surface area (Å²) in [6.45, 7) is 3.71. The number of aromatic nitrogens is 1. The van der Waals surface area contributed by atoms with E-state index in [0.29, 0.717) is 58.0 Å².